The SMILES string of the molecule is COc1cc([C@H]2Oc3ccccc3C[C@H]2O)ccc1F. The second-order valence-corrected chi connectivity index (χ2v) is 4.81. The van der Waals surface area contributed by atoms with E-state index in [1.807, 2.05) is 24.3 Å². The van der Waals surface area contributed by atoms with Crippen molar-refractivity contribution in [2.75, 3.05) is 7.11 Å². The van der Waals surface area contributed by atoms with Crippen molar-refractivity contribution in [3.05, 3.63) is 59.4 Å². The quantitative estimate of drug-likeness (QED) is 0.915. The van der Waals surface area contributed by atoms with Gasteiger partial charge in [-0.3, -0.25) is 0 Å². The molecule has 0 aliphatic carbocycles. The van der Waals surface area contributed by atoms with Gasteiger partial charge >= 0.3 is 0 Å². The number of benzene rings is 2. The first-order valence-electron chi connectivity index (χ1n) is 6.45. The second kappa shape index (κ2) is 5.13. The Balaban J connectivity index is 1.95. The number of halogens is 1. The van der Waals surface area contributed by atoms with Crippen LogP contribution in [0.5, 0.6) is 11.5 Å². The highest BCUT2D eigenvalue weighted by atomic mass is 19.1. The standard InChI is InChI=1S/C16H15FO3/c1-19-15-9-11(6-7-12(15)17)16-13(18)8-10-4-2-3-5-14(10)20-16/h2-7,9,13,16,18H,8H2,1H3/t13-,16-/m1/s1. The molecule has 104 valence electrons. The van der Waals surface area contributed by atoms with Crippen LogP contribution < -0.4 is 9.47 Å². The summed E-state index contributed by atoms with van der Waals surface area (Å²) in [4.78, 5) is 0. The minimum Gasteiger partial charge on any atom is -0.494 e. The summed E-state index contributed by atoms with van der Waals surface area (Å²) < 4.78 is 24.3. The predicted molar refractivity (Wildman–Crippen MR) is 72.5 cm³/mol. The third-order valence-corrected chi connectivity index (χ3v) is 3.51. The van der Waals surface area contributed by atoms with Crippen LogP contribution in [-0.2, 0) is 6.42 Å². The molecule has 1 aliphatic rings. The van der Waals surface area contributed by atoms with E-state index in [2.05, 4.69) is 0 Å². The normalized spacial score (nSPS) is 20.9. The van der Waals surface area contributed by atoms with Gasteiger partial charge in [0.1, 0.15) is 11.9 Å². The average molecular weight is 274 g/mol. The number of rotatable bonds is 2. The number of methoxy groups -OCH3 is 1. The van der Waals surface area contributed by atoms with Gasteiger partial charge in [0.15, 0.2) is 11.6 Å². The Hall–Kier alpha value is -2.07. The van der Waals surface area contributed by atoms with Gasteiger partial charge in [0, 0.05) is 6.42 Å². The lowest BCUT2D eigenvalue weighted by Gasteiger charge is -2.31. The molecule has 1 aliphatic heterocycles. The summed E-state index contributed by atoms with van der Waals surface area (Å²) in [5, 5.41) is 10.2. The van der Waals surface area contributed by atoms with Crippen LogP contribution >= 0.6 is 0 Å². The number of hydrogen-bond acceptors (Lipinski definition) is 3. The van der Waals surface area contributed by atoms with Crippen molar-refractivity contribution in [2.45, 2.75) is 18.6 Å². The fraction of sp³-hybridized carbons (Fsp3) is 0.250. The molecule has 0 amide bonds. The molecule has 2 atom stereocenters. The van der Waals surface area contributed by atoms with E-state index < -0.39 is 18.0 Å². The van der Waals surface area contributed by atoms with Gasteiger partial charge in [0.05, 0.1) is 13.2 Å². The molecule has 2 aromatic rings. The van der Waals surface area contributed by atoms with E-state index >= 15 is 0 Å². The summed E-state index contributed by atoms with van der Waals surface area (Å²) in [6.07, 6.45) is -0.667. The minimum absolute atomic E-state index is 0.150. The number of aliphatic hydroxyl groups excluding tert-OH is 1. The first-order valence-corrected chi connectivity index (χ1v) is 6.45. The molecule has 0 aromatic heterocycles. The summed E-state index contributed by atoms with van der Waals surface area (Å²) in [6, 6.07) is 12.1. The highest BCUT2D eigenvalue weighted by Gasteiger charge is 2.30. The summed E-state index contributed by atoms with van der Waals surface area (Å²) in [7, 11) is 1.41. The van der Waals surface area contributed by atoms with Gasteiger partial charge in [0.25, 0.3) is 0 Å². The van der Waals surface area contributed by atoms with E-state index in [-0.39, 0.29) is 5.75 Å². The van der Waals surface area contributed by atoms with Crippen molar-refractivity contribution in [3.8, 4) is 11.5 Å². The molecular weight excluding hydrogens is 259 g/mol. The van der Waals surface area contributed by atoms with Crippen LogP contribution in [0.3, 0.4) is 0 Å². The first-order chi connectivity index (χ1) is 9.69. The largest absolute Gasteiger partial charge is 0.494 e. The van der Waals surface area contributed by atoms with Crippen molar-refractivity contribution in [1.29, 1.82) is 0 Å². The van der Waals surface area contributed by atoms with E-state index in [0.29, 0.717) is 12.0 Å². The molecule has 0 saturated carbocycles. The molecule has 3 rings (SSSR count). The molecule has 20 heavy (non-hydrogen) atoms. The third-order valence-electron chi connectivity index (χ3n) is 3.51. The number of ether oxygens (including phenoxy) is 2. The van der Waals surface area contributed by atoms with Gasteiger partial charge in [-0.05, 0) is 29.3 Å². The zero-order valence-electron chi connectivity index (χ0n) is 11.0. The lowest BCUT2D eigenvalue weighted by molar-refractivity contribution is 0.0207. The Morgan fingerprint density at radius 3 is 2.85 bits per heavy atom. The molecule has 4 heteroatoms. The van der Waals surface area contributed by atoms with Crippen LogP contribution in [0.2, 0.25) is 0 Å². The Morgan fingerprint density at radius 2 is 2.05 bits per heavy atom. The Kier molecular flexibility index (Phi) is 3.32. The molecule has 1 N–H and O–H groups in total. The van der Waals surface area contributed by atoms with Crippen LogP contribution in [0.25, 0.3) is 0 Å². The van der Waals surface area contributed by atoms with E-state index in [0.717, 1.165) is 11.3 Å². The Labute approximate surface area is 116 Å². The molecule has 0 unspecified atom stereocenters. The lowest BCUT2D eigenvalue weighted by Crippen LogP contribution is -2.30. The predicted octanol–water partition coefficient (Wildman–Crippen LogP) is 2.87. The maximum Gasteiger partial charge on any atom is 0.165 e. The van der Waals surface area contributed by atoms with Crippen molar-refractivity contribution in [1.82, 2.24) is 0 Å². The summed E-state index contributed by atoms with van der Waals surface area (Å²) >= 11 is 0. The van der Waals surface area contributed by atoms with Gasteiger partial charge in [-0.1, -0.05) is 24.3 Å². The number of hydrogen-bond donors (Lipinski definition) is 1. The molecule has 0 saturated heterocycles. The number of para-hydroxylation sites is 1. The molecular formula is C16H15FO3. The van der Waals surface area contributed by atoms with Crippen LogP contribution in [0, 0.1) is 5.82 Å². The second-order valence-electron chi connectivity index (χ2n) is 4.81. The van der Waals surface area contributed by atoms with Gasteiger partial charge in [-0.25, -0.2) is 4.39 Å². The average Bonchev–Trinajstić information content (AvgIpc) is 2.47. The van der Waals surface area contributed by atoms with E-state index in [1.165, 1.54) is 13.2 Å². The summed E-state index contributed by atoms with van der Waals surface area (Å²) in [6.45, 7) is 0. The van der Waals surface area contributed by atoms with E-state index in [9.17, 15) is 9.50 Å². The maximum absolute atomic E-state index is 13.4. The van der Waals surface area contributed by atoms with Crippen LogP contribution in [0.4, 0.5) is 4.39 Å². The van der Waals surface area contributed by atoms with Crippen molar-refractivity contribution in [2.24, 2.45) is 0 Å². The van der Waals surface area contributed by atoms with Crippen molar-refractivity contribution in [3.63, 3.8) is 0 Å². The molecule has 0 fully saturated rings. The fourth-order valence-corrected chi connectivity index (χ4v) is 2.48. The summed E-state index contributed by atoms with van der Waals surface area (Å²) in [5.41, 5.74) is 1.68. The first kappa shape index (κ1) is 12.9. The number of aliphatic hydroxyl groups is 1. The van der Waals surface area contributed by atoms with E-state index in [4.69, 9.17) is 9.47 Å². The van der Waals surface area contributed by atoms with Gasteiger partial charge in [-0.2, -0.15) is 0 Å². The van der Waals surface area contributed by atoms with Gasteiger partial charge in [-0.15, -0.1) is 0 Å². The highest BCUT2D eigenvalue weighted by molar-refractivity contribution is 5.39. The minimum atomic E-state index is -0.667. The van der Waals surface area contributed by atoms with Crippen LogP contribution in [-0.4, -0.2) is 18.3 Å². The smallest absolute Gasteiger partial charge is 0.165 e. The van der Waals surface area contributed by atoms with Crippen molar-refractivity contribution >= 4 is 0 Å². The summed E-state index contributed by atoms with van der Waals surface area (Å²) in [5.74, 6) is 0.477. The topological polar surface area (TPSA) is 38.7 Å². The Bertz CT molecular complexity index is 627. The van der Waals surface area contributed by atoms with Gasteiger partial charge < -0.3 is 14.6 Å². The molecule has 2 aromatic carbocycles. The zero-order valence-corrected chi connectivity index (χ0v) is 11.0. The Morgan fingerprint density at radius 1 is 1.25 bits per heavy atom. The fourth-order valence-electron chi connectivity index (χ4n) is 2.48. The lowest BCUT2D eigenvalue weighted by atomic mass is 9.94. The highest BCUT2D eigenvalue weighted by Crippen LogP contribution is 2.36. The van der Waals surface area contributed by atoms with Gasteiger partial charge in [0.2, 0.25) is 0 Å². The van der Waals surface area contributed by atoms with Crippen LogP contribution in [0.1, 0.15) is 17.2 Å². The van der Waals surface area contributed by atoms with E-state index in [1.54, 1.807) is 12.1 Å². The van der Waals surface area contributed by atoms with Crippen LogP contribution in [0.15, 0.2) is 42.5 Å². The zero-order chi connectivity index (χ0) is 14.1. The third kappa shape index (κ3) is 2.23. The molecule has 0 bridgehead atoms. The molecule has 0 spiro atoms. The molecule has 1 heterocycles. The molecule has 0 radical (unpaired) electrons. The number of fused-ring (bicyclic) bond motifs is 1. The monoisotopic (exact) mass is 274 g/mol. The van der Waals surface area contributed by atoms with Crippen molar-refractivity contribution < 1.29 is 19.0 Å². The maximum atomic E-state index is 13.4. The molecule has 3 nitrogen and oxygen atoms in total.